The van der Waals surface area contributed by atoms with Crippen molar-refractivity contribution in [3.8, 4) is 0 Å². The van der Waals surface area contributed by atoms with Crippen molar-refractivity contribution >= 4 is 0 Å². The van der Waals surface area contributed by atoms with Crippen LogP contribution in [0.2, 0.25) is 0 Å². The van der Waals surface area contributed by atoms with Crippen molar-refractivity contribution in [3.63, 3.8) is 0 Å². The van der Waals surface area contributed by atoms with Crippen LogP contribution >= 0.6 is 0 Å². The van der Waals surface area contributed by atoms with E-state index in [1.807, 2.05) is 12.2 Å². The van der Waals surface area contributed by atoms with Gasteiger partial charge in [-0.1, -0.05) is 19.9 Å². The Morgan fingerprint density at radius 2 is 2.00 bits per heavy atom. The second-order valence-corrected chi connectivity index (χ2v) is 2.46. The highest BCUT2D eigenvalue weighted by Gasteiger charge is 2.12. The summed E-state index contributed by atoms with van der Waals surface area (Å²) >= 11 is 0. The quantitative estimate of drug-likeness (QED) is 0.612. The molecule has 0 aliphatic carbocycles. The molecule has 1 rings (SSSR count). The maximum atomic E-state index is 5.38. The summed E-state index contributed by atoms with van der Waals surface area (Å²) in [6, 6.07) is 0. The summed E-state index contributed by atoms with van der Waals surface area (Å²) in [4.78, 5) is 2.25. The largest absolute Gasteiger partial charge is 0.479 e. The Bertz CT molecular complexity index is 159. The lowest BCUT2D eigenvalue weighted by molar-refractivity contribution is 0.0326. The monoisotopic (exact) mass is 153 g/mol. The predicted octanol–water partition coefficient (Wildman–Crippen LogP) is 1.75. The molecule has 1 atom stereocenters. The van der Waals surface area contributed by atoms with Crippen LogP contribution in [0.25, 0.3) is 0 Å². The third kappa shape index (κ3) is 2.09. The van der Waals surface area contributed by atoms with Gasteiger partial charge in [-0.15, -0.1) is 0 Å². The molecule has 0 aromatic carbocycles. The Kier molecular flexibility index (Phi) is 3.17. The van der Waals surface area contributed by atoms with Crippen LogP contribution in [0.4, 0.5) is 0 Å². The molecule has 2 nitrogen and oxygen atoms in total. The van der Waals surface area contributed by atoms with Gasteiger partial charge in [0, 0.05) is 0 Å². The van der Waals surface area contributed by atoms with Gasteiger partial charge in [0.1, 0.15) is 0 Å². The Morgan fingerprint density at radius 1 is 1.27 bits per heavy atom. The Morgan fingerprint density at radius 3 is 2.45 bits per heavy atom. The molecule has 11 heavy (non-hydrogen) atoms. The number of ether oxygens (including phenoxy) is 1. The van der Waals surface area contributed by atoms with Crippen LogP contribution in [0.3, 0.4) is 0 Å². The summed E-state index contributed by atoms with van der Waals surface area (Å²) < 4.78 is 5.38. The Labute approximate surface area is 68.1 Å². The van der Waals surface area contributed by atoms with Gasteiger partial charge in [-0.3, -0.25) is 4.90 Å². The molecule has 0 saturated carbocycles. The van der Waals surface area contributed by atoms with Gasteiger partial charge in [0.2, 0.25) is 0 Å². The molecule has 1 aliphatic rings. The molecule has 0 saturated heterocycles. The number of allylic oxidation sites excluding steroid dienone is 2. The minimum absolute atomic E-state index is 0.148. The first-order valence-corrected chi connectivity index (χ1v) is 4.11. The maximum Gasteiger partial charge on any atom is 0.171 e. The second kappa shape index (κ2) is 4.19. The van der Waals surface area contributed by atoms with E-state index in [4.69, 9.17) is 4.74 Å². The molecular weight excluding hydrogens is 138 g/mol. The van der Waals surface area contributed by atoms with E-state index >= 15 is 0 Å². The summed E-state index contributed by atoms with van der Waals surface area (Å²) in [6.07, 6.45) is 7.87. The molecule has 0 radical (unpaired) electrons. The SMILES string of the molecule is CCN(CC)C1C=CC=CO1. The number of nitrogens with zero attached hydrogens (tertiary/aromatic N) is 1. The Balaban J connectivity index is 2.45. The fraction of sp³-hybridized carbons (Fsp3) is 0.556. The molecule has 0 N–H and O–H groups in total. The van der Waals surface area contributed by atoms with Crippen molar-refractivity contribution in [3.05, 3.63) is 24.5 Å². The van der Waals surface area contributed by atoms with Gasteiger partial charge in [-0.2, -0.15) is 0 Å². The lowest BCUT2D eigenvalue weighted by atomic mass is 10.3. The molecule has 62 valence electrons. The van der Waals surface area contributed by atoms with E-state index in [9.17, 15) is 0 Å². The number of likely N-dealkylation sites (N-methyl/N-ethyl adjacent to an activating group) is 1. The highest BCUT2D eigenvalue weighted by atomic mass is 16.5. The van der Waals surface area contributed by atoms with E-state index in [2.05, 4.69) is 24.8 Å². The first-order valence-electron chi connectivity index (χ1n) is 4.11. The topological polar surface area (TPSA) is 12.5 Å². The zero-order valence-corrected chi connectivity index (χ0v) is 7.16. The molecule has 0 aromatic heterocycles. The molecule has 0 fully saturated rings. The van der Waals surface area contributed by atoms with Gasteiger partial charge < -0.3 is 4.74 Å². The summed E-state index contributed by atoms with van der Waals surface area (Å²) in [6.45, 7) is 6.33. The number of rotatable bonds is 3. The van der Waals surface area contributed by atoms with Crippen molar-refractivity contribution in [2.24, 2.45) is 0 Å². The molecular formula is C9H15NO. The molecule has 1 heterocycles. The number of hydrogen-bond acceptors (Lipinski definition) is 2. The van der Waals surface area contributed by atoms with E-state index in [-0.39, 0.29) is 6.23 Å². The normalized spacial score (nSPS) is 22.3. The minimum Gasteiger partial charge on any atom is -0.479 e. The van der Waals surface area contributed by atoms with Crippen LogP contribution in [-0.2, 0) is 4.74 Å². The van der Waals surface area contributed by atoms with Gasteiger partial charge >= 0.3 is 0 Å². The fourth-order valence-corrected chi connectivity index (χ4v) is 1.17. The smallest absolute Gasteiger partial charge is 0.171 e. The fourth-order valence-electron chi connectivity index (χ4n) is 1.17. The third-order valence-corrected chi connectivity index (χ3v) is 1.86. The average molecular weight is 153 g/mol. The van der Waals surface area contributed by atoms with Crippen LogP contribution in [0.15, 0.2) is 24.5 Å². The predicted molar refractivity (Wildman–Crippen MR) is 46.1 cm³/mol. The second-order valence-electron chi connectivity index (χ2n) is 2.46. The summed E-state index contributed by atoms with van der Waals surface area (Å²) in [5.74, 6) is 0. The maximum absolute atomic E-state index is 5.38. The lowest BCUT2D eigenvalue weighted by Gasteiger charge is -2.27. The zero-order valence-electron chi connectivity index (χ0n) is 7.16. The Hall–Kier alpha value is -0.760. The van der Waals surface area contributed by atoms with Crippen molar-refractivity contribution in [2.75, 3.05) is 13.1 Å². The highest BCUT2D eigenvalue weighted by Crippen LogP contribution is 2.07. The van der Waals surface area contributed by atoms with Crippen LogP contribution in [-0.4, -0.2) is 24.2 Å². The van der Waals surface area contributed by atoms with Gasteiger partial charge in [-0.25, -0.2) is 0 Å². The lowest BCUT2D eigenvalue weighted by Crippen LogP contribution is -2.35. The zero-order chi connectivity index (χ0) is 8.10. The molecule has 0 spiro atoms. The highest BCUT2D eigenvalue weighted by molar-refractivity contribution is 5.06. The van der Waals surface area contributed by atoms with E-state index < -0.39 is 0 Å². The van der Waals surface area contributed by atoms with Crippen molar-refractivity contribution in [1.29, 1.82) is 0 Å². The van der Waals surface area contributed by atoms with Crippen LogP contribution in [0.5, 0.6) is 0 Å². The van der Waals surface area contributed by atoms with Crippen molar-refractivity contribution in [1.82, 2.24) is 4.90 Å². The van der Waals surface area contributed by atoms with Crippen molar-refractivity contribution < 1.29 is 4.74 Å². The molecule has 2 heteroatoms. The van der Waals surface area contributed by atoms with E-state index in [0.29, 0.717) is 0 Å². The molecule has 0 bridgehead atoms. The average Bonchev–Trinajstić information content (AvgIpc) is 2.09. The molecule has 1 aliphatic heterocycles. The van der Waals surface area contributed by atoms with Gasteiger partial charge in [0.15, 0.2) is 6.23 Å². The van der Waals surface area contributed by atoms with Gasteiger partial charge in [0.05, 0.1) is 6.26 Å². The molecule has 1 unspecified atom stereocenters. The van der Waals surface area contributed by atoms with Crippen LogP contribution in [0, 0.1) is 0 Å². The summed E-state index contributed by atoms with van der Waals surface area (Å²) in [5, 5.41) is 0. The van der Waals surface area contributed by atoms with Crippen molar-refractivity contribution in [2.45, 2.75) is 20.1 Å². The van der Waals surface area contributed by atoms with E-state index in [1.165, 1.54) is 0 Å². The third-order valence-electron chi connectivity index (χ3n) is 1.86. The summed E-state index contributed by atoms with van der Waals surface area (Å²) in [5.41, 5.74) is 0. The first-order chi connectivity index (χ1) is 5.38. The van der Waals surface area contributed by atoms with E-state index in [1.54, 1.807) is 6.26 Å². The summed E-state index contributed by atoms with van der Waals surface area (Å²) in [7, 11) is 0. The molecule has 0 aromatic rings. The van der Waals surface area contributed by atoms with Crippen LogP contribution in [0.1, 0.15) is 13.8 Å². The molecule has 0 amide bonds. The minimum atomic E-state index is 0.148. The van der Waals surface area contributed by atoms with Gasteiger partial charge in [0.25, 0.3) is 0 Å². The number of hydrogen-bond donors (Lipinski definition) is 0. The first kappa shape index (κ1) is 8.34. The van der Waals surface area contributed by atoms with Gasteiger partial charge in [-0.05, 0) is 25.2 Å². The van der Waals surface area contributed by atoms with Crippen LogP contribution < -0.4 is 0 Å². The standard InChI is InChI=1S/C9H15NO/c1-3-10(4-2)9-7-5-6-8-11-9/h5-9H,3-4H2,1-2H3. The van der Waals surface area contributed by atoms with E-state index in [0.717, 1.165) is 13.1 Å².